The molecule has 0 bridgehead atoms. The maximum atomic E-state index is 5.05. The van der Waals surface area contributed by atoms with Gasteiger partial charge in [0.25, 0.3) is 0 Å². The van der Waals surface area contributed by atoms with Gasteiger partial charge in [-0.3, -0.25) is 4.90 Å². The van der Waals surface area contributed by atoms with Gasteiger partial charge in [0.2, 0.25) is 0 Å². The first-order valence-corrected chi connectivity index (χ1v) is 6.26. The number of aromatic nitrogens is 2. The molecule has 1 aliphatic rings. The molecule has 17 heavy (non-hydrogen) atoms. The predicted molar refractivity (Wildman–Crippen MR) is 66.8 cm³/mol. The number of rotatable bonds is 3. The average molecular weight is 235 g/mol. The number of likely N-dealkylation sites (tertiary alicyclic amines) is 1. The van der Waals surface area contributed by atoms with Gasteiger partial charge in [0, 0.05) is 6.54 Å². The molecule has 0 saturated carbocycles. The SMILES string of the molecule is COc1cnc(CN2CCC(C)C(C)C2)nc1. The Morgan fingerprint density at radius 2 is 2.00 bits per heavy atom. The lowest BCUT2D eigenvalue weighted by molar-refractivity contribution is 0.129. The molecule has 1 fully saturated rings. The van der Waals surface area contributed by atoms with Gasteiger partial charge in [-0.15, -0.1) is 0 Å². The Morgan fingerprint density at radius 1 is 1.29 bits per heavy atom. The van der Waals surface area contributed by atoms with E-state index in [-0.39, 0.29) is 0 Å². The largest absolute Gasteiger partial charge is 0.494 e. The van der Waals surface area contributed by atoms with Crippen molar-refractivity contribution in [1.29, 1.82) is 0 Å². The summed E-state index contributed by atoms with van der Waals surface area (Å²) in [5, 5.41) is 0. The van der Waals surface area contributed by atoms with Crippen molar-refractivity contribution < 1.29 is 4.74 Å². The predicted octanol–water partition coefficient (Wildman–Crippen LogP) is 1.96. The number of hydrogen-bond donors (Lipinski definition) is 0. The van der Waals surface area contributed by atoms with E-state index >= 15 is 0 Å². The van der Waals surface area contributed by atoms with E-state index in [0.717, 1.165) is 43.0 Å². The summed E-state index contributed by atoms with van der Waals surface area (Å²) < 4.78 is 5.05. The quantitative estimate of drug-likeness (QED) is 0.802. The smallest absolute Gasteiger partial charge is 0.155 e. The van der Waals surface area contributed by atoms with E-state index in [2.05, 4.69) is 28.7 Å². The van der Waals surface area contributed by atoms with Gasteiger partial charge in [0.1, 0.15) is 5.82 Å². The zero-order valence-corrected chi connectivity index (χ0v) is 10.9. The van der Waals surface area contributed by atoms with Gasteiger partial charge in [-0.1, -0.05) is 13.8 Å². The first-order chi connectivity index (χ1) is 8.19. The lowest BCUT2D eigenvalue weighted by atomic mass is 9.89. The minimum absolute atomic E-state index is 0.717. The van der Waals surface area contributed by atoms with Crippen LogP contribution in [-0.4, -0.2) is 35.1 Å². The van der Waals surface area contributed by atoms with Crippen LogP contribution in [0.1, 0.15) is 26.1 Å². The zero-order chi connectivity index (χ0) is 12.3. The highest BCUT2D eigenvalue weighted by Gasteiger charge is 2.22. The van der Waals surface area contributed by atoms with E-state index in [9.17, 15) is 0 Å². The van der Waals surface area contributed by atoms with Crippen LogP contribution in [0.4, 0.5) is 0 Å². The van der Waals surface area contributed by atoms with Crippen molar-refractivity contribution in [2.45, 2.75) is 26.8 Å². The summed E-state index contributed by atoms with van der Waals surface area (Å²) in [5.74, 6) is 3.20. The number of ether oxygens (including phenoxy) is 1. The van der Waals surface area contributed by atoms with Crippen LogP contribution in [0.15, 0.2) is 12.4 Å². The molecule has 0 spiro atoms. The van der Waals surface area contributed by atoms with Crippen molar-refractivity contribution in [2.75, 3.05) is 20.2 Å². The standard InChI is InChI=1S/C13H21N3O/c1-10-4-5-16(8-11(10)2)9-13-14-6-12(17-3)7-15-13/h6-7,10-11H,4-5,8-9H2,1-3H3. The van der Waals surface area contributed by atoms with Crippen LogP contribution in [-0.2, 0) is 6.54 Å². The van der Waals surface area contributed by atoms with Crippen molar-refractivity contribution in [3.63, 3.8) is 0 Å². The Bertz CT molecular complexity index is 352. The molecule has 2 heterocycles. The minimum Gasteiger partial charge on any atom is -0.494 e. The van der Waals surface area contributed by atoms with E-state index in [1.165, 1.54) is 6.42 Å². The lowest BCUT2D eigenvalue weighted by Gasteiger charge is -2.34. The highest BCUT2D eigenvalue weighted by atomic mass is 16.5. The highest BCUT2D eigenvalue weighted by molar-refractivity contribution is 5.11. The Balaban J connectivity index is 1.92. The third kappa shape index (κ3) is 3.16. The van der Waals surface area contributed by atoms with Gasteiger partial charge in [-0.25, -0.2) is 9.97 Å². The van der Waals surface area contributed by atoms with Crippen LogP contribution >= 0.6 is 0 Å². The molecule has 4 nitrogen and oxygen atoms in total. The molecule has 0 radical (unpaired) electrons. The molecule has 0 N–H and O–H groups in total. The minimum atomic E-state index is 0.717. The molecule has 1 aromatic heterocycles. The Kier molecular flexibility index (Phi) is 3.94. The maximum absolute atomic E-state index is 5.05. The van der Waals surface area contributed by atoms with Crippen molar-refractivity contribution in [1.82, 2.24) is 14.9 Å². The van der Waals surface area contributed by atoms with Crippen LogP contribution in [0.25, 0.3) is 0 Å². The topological polar surface area (TPSA) is 38.2 Å². The van der Waals surface area contributed by atoms with Crippen LogP contribution in [0.3, 0.4) is 0 Å². The van der Waals surface area contributed by atoms with Gasteiger partial charge < -0.3 is 4.74 Å². The van der Waals surface area contributed by atoms with Crippen LogP contribution in [0.2, 0.25) is 0 Å². The Morgan fingerprint density at radius 3 is 2.59 bits per heavy atom. The zero-order valence-electron chi connectivity index (χ0n) is 10.9. The number of piperidine rings is 1. The Labute approximate surface area is 103 Å². The molecule has 94 valence electrons. The second-order valence-corrected chi connectivity index (χ2v) is 5.02. The summed E-state index contributed by atoms with van der Waals surface area (Å²) in [6.07, 6.45) is 4.74. The third-order valence-electron chi connectivity index (χ3n) is 3.70. The molecule has 1 saturated heterocycles. The van der Waals surface area contributed by atoms with Crippen molar-refractivity contribution >= 4 is 0 Å². The fourth-order valence-corrected chi connectivity index (χ4v) is 2.22. The van der Waals surface area contributed by atoms with Gasteiger partial charge in [0.05, 0.1) is 26.0 Å². The maximum Gasteiger partial charge on any atom is 0.155 e. The number of nitrogens with zero attached hydrogens (tertiary/aromatic N) is 3. The summed E-state index contributed by atoms with van der Waals surface area (Å²) in [4.78, 5) is 11.1. The van der Waals surface area contributed by atoms with Gasteiger partial charge >= 0.3 is 0 Å². The van der Waals surface area contributed by atoms with Gasteiger partial charge in [0.15, 0.2) is 5.75 Å². The van der Waals surface area contributed by atoms with Crippen molar-refractivity contribution in [3.8, 4) is 5.75 Å². The molecule has 2 atom stereocenters. The van der Waals surface area contributed by atoms with Crippen LogP contribution in [0, 0.1) is 11.8 Å². The van der Waals surface area contributed by atoms with E-state index in [0.29, 0.717) is 0 Å². The summed E-state index contributed by atoms with van der Waals surface area (Å²) in [5.41, 5.74) is 0. The van der Waals surface area contributed by atoms with E-state index in [4.69, 9.17) is 4.74 Å². The fraction of sp³-hybridized carbons (Fsp3) is 0.692. The van der Waals surface area contributed by atoms with Gasteiger partial charge in [-0.05, 0) is 24.8 Å². The molecule has 1 aromatic rings. The van der Waals surface area contributed by atoms with E-state index < -0.39 is 0 Å². The van der Waals surface area contributed by atoms with Crippen LogP contribution < -0.4 is 4.74 Å². The summed E-state index contributed by atoms with van der Waals surface area (Å²) >= 11 is 0. The molecule has 4 heteroatoms. The number of hydrogen-bond acceptors (Lipinski definition) is 4. The van der Waals surface area contributed by atoms with Gasteiger partial charge in [-0.2, -0.15) is 0 Å². The molecule has 0 aliphatic carbocycles. The lowest BCUT2D eigenvalue weighted by Crippen LogP contribution is -2.38. The second-order valence-electron chi connectivity index (χ2n) is 5.02. The van der Waals surface area contributed by atoms with E-state index in [1.54, 1.807) is 19.5 Å². The normalized spacial score (nSPS) is 25.8. The third-order valence-corrected chi connectivity index (χ3v) is 3.70. The summed E-state index contributed by atoms with van der Waals surface area (Å²) in [6, 6.07) is 0. The van der Waals surface area contributed by atoms with Crippen molar-refractivity contribution in [3.05, 3.63) is 18.2 Å². The average Bonchev–Trinajstić information content (AvgIpc) is 2.35. The van der Waals surface area contributed by atoms with E-state index in [1.807, 2.05) is 0 Å². The molecular formula is C13H21N3O. The highest BCUT2D eigenvalue weighted by Crippen LogP contribution is 2.23. The summed E-state index contributed by atoms with van der Waals surface area (Å²) in [6.45, 7) is 7.82. The number of methoxy groups -OCH3 is 1. The van der Waals surface area contributed by atoms with Crippen molar-refractivity contribution in [2.24, 2.45) is 11.8 Å². The first-order valence-electron chi connectivity index (χ1n) is 6.26. The van der Waals surface area contributed by atoms with Crippen LogP contribution in [0.5, 0.6) is 5.75 Å². The molecule has 0 aromatic carbocycles. The first kappa shape index (κ1) is 12.3. The molecule has 1 aliphatic heterocycles. The molecule has 2 rings (SSSR count). The second kappa shape index (κ2) is 5.45. The molecule has 0 amide bonds. The molecular weight excluding hydrogens is 214 g/mol. The summed E-state index contributed by atoms with van der Waals surface area (Å²) in [7, 11) is 1.63. The monoisotopic (exact) mass is 235 g/mol. The molecule has 2 unspecified atom stereocenters. The fourth-order valence-electron chi connectivity index (χ4n) is 2.22. The Hall–Kier alpha value is -1.16.